The van der Waals surface area contributed by atoms with Gasteiger partial charge in [-0.1, -0.05) is 28.4 Å². The number of sulfonamides is 1. The van der Waals surface area contributed by atoms with Crippen molar-refractivity contribution < 1.29 is 22.5 Å². The Hall–Kier alpha value is -2.75. The van der Waals surface area contributed by atoms with Crippen LogP contribution in [0.25, 0.3) is 0 Å². The summed E-state index contributed by atoms with van der Waals surface area (Å²) in [7, 11) is -2.57. The molecule has 1 aromatic heterocycles. The third-order valence-electron chi connectivity index (χ3n) is 4.71. The molecule has 0 saturated carbocycles. The number of methoxy groups -OCH3 is 1. The summed E-state index contributed by atoms with van der Waals surface area (Å²) >= 11 is 11.8. The van der Waals surface area contributed by atoms with Crippen molar-refractivity contribution in [3.63, 3.8) is 0 Å². The zero-order chi connectivity index (χ0) is 23.5. The number of nitrogens with zero attached hydrogens (tertiary/aromatic N) is 1. The largest absolute Gasteiger partial charge is 0.495 e. The highest BCUT2D eigenvalue weighted by atomic mass is 35.5. The van der Waals surface area contributed by atoms with Gasteiger partial charge in [0, 0.05) is 17.7 Å². The minimum atomic E-state index is -3.98. The molecule has 0 atom stereocenters. The molecule has 0 bridgehead atoms. The van der Waals surface area contributed by atoms with Crippen LogP contribution in [0.4, 0.5) is 11.4 Å². The summed E-state index contributed by atoms with van der Waals surface area (Å²) in [5.74, 6) is 0.717. The normalized spacial score (nSPS) is 11.3. The molecule has 3 aromatic rings. The first-order valence-electron chi connectivity index (χ1n) is 9.48. The number of aromatic nitrogens is 1. The lowest BCUT2D eigenvalue weighted by Gasteiger charge is -2.14. The Balaban J connectivity index is 1.76. The molecule has 170 valence electrons. The van der Waals surface area contributed by atoms with Crippen LogP contribution in [0.1, 0.15) is 23.4 Å². The quantitative estimate of drug-likeness (QED) is 0.453. The van der Waals surface area contributed by atoms with E-state index in [0.717, 1.165) is 11.3 Å². The molecule has 0 aliphatic rings. The number of hydrogen-bond donors (Lipinski definition) is 2. The van der Waals surface area contributed by atoms with Crippen molar-refractivity contribution >= 4 is 50.5 Å². The third kappa shape index (κ3) is 5.53. The number of carbonyl (C=O) groups is 1. The highest BCUT2D eigenvalue weighted by Gasteiger charge is 2.19. The minimum absolute atomic E-state index is 0.0668. The maximum atomic E-state index is 12.8. The summed E-state index contributed by atoms with van der Waals surface area (Å²) in [6, 6.07) is 8.62. The van der Waals surface area contributed by atoms with E-state index in [9.17, 15) is 13.2 Å². The van der Waals surface area contributed by atoms with Crippen LogP contribution in [-0.2, 0) is 21.2 Å². The summed E-state index contributed by atoms with van der Waals surface area (Å²) in [4.78, 5) is 12.3. The van der Waals surface area contributed by atoms with Crippen LogP contribution < -0.4 is 14.8 Å². The van der Waals surface area contributed by atoms with E-state index in [-0.39, 0.29) is 38.7 Å². The molecule has 3 rings (SSSR count). The van der Waals surface area contributed by atoms with E-state index in [1.165, 1.54) is 31.4 Å². The van der Waals surface area contributed by atoms with Gasteiger partial charge in [0.25, 0.3) is 10.0 Å². The van der Waals surface area contributed by atoms with Crippen LogP contribution in [0.5, 0.6) is 5.75 Å². The monoisotopic (exact) mass is 497 g/mol. The molecule has 1 heterocycles. The van der Waals surface area contributed by atoms with Crippen LogP contribution in [0, 0.1) is 13.8 Å². The molecule has 1 amide bonds. The SMILES string of the molecule is COc1ccc(NC(=O)CCc2c(C)noc2C)cc1NS(=O)(=O)c1ccc(Cl)c(Cl)c1. The standard InChI is InChI=1S/C21H21Cl2N3O5S/c1-12-16(13(2)31-25-12)6-9-21(27)24-14-4-8-20(30-3)19(10-14)26-32(28,29)15-5-7-17(22)18(23)11-15/h4-5,7-8,10-11,26H,6,9H2,1-3H3,(H,24,27). The molecule has 0 spiro atoms. The Morgan fingerprint density at radius 1 is 1.12 bits per heavy atom. The number of benzene rings is 2. The molecule has 32 heavy (non-hydrogen) atoms. The molecule has 2 N–H and O–H groups in total. The van der Waals surface area contributed by atoms with Gasteiger partial charge in [0.2, 0.25) is 5.91 Å². The minimum Gasteiger partial charge on any atom is -0.495 e. The predicted octanol–water partition coefficient (Wildman–Crippen LogP) is 4.98. The number of rotatable bonds is 8. The highest BCUT2D eigenvalue weighted by molar-refractivity contribution is 7.92. The van der Waals surface area contributed by atoms with Crippen LogP contribution in [0.3, 0.4) is 0 Å². The average Bonchev–Trinajstić information content (AvgIpc) is 3.05. The number of anilines is 2. The van der Waals surface area contributed by atoms with Crippen LogP contribution in [0.2, 0.25) is 10.0 Å². The summed E-state index contributed by atoms with van der Waals surface area (Å²) in [5.41, 5.74) is 2.20. The van der Waals surface area contributed by atoms with Gasteiger partial charge in [-0.2, -0.15) is 0 Å². The van der Waals surface area contributed by atoms with Crippen molar-refractivity contribution in [2.45, 2.75) is 31.6 Å². The zero-order valence-electron chi connectivity index (χ0n) is 17.5. The van der Waals surface area contributed by atoms with Gasteiger partial charge in [0.1, 0.15) is 11.5 Å². The van der Waals surface area contributed by atoms with E-state index in [2.05, 4.69) is 15.2 Å². The zero-order valence-corrected chi connectivity index (χ0v) is 19.9. The second-order valence-electron chi connectivity index (χ2n) is 6.95. The van der Waals surface area contributed by atoms with Gasteiger partial charge >= 0.3 is 0 Å². The van der Waals surface area contributed by atoms with Gasteiger partial charge in [-0.25, -0.2) is 8.42 Å². The van der Waals surface area contributed by atoms with Crippen LogP contribution >= 0.6 is 23.2 Å². The fraction of sp³-hybridized carbons (Fsp3) is 0.238. The fourth-order valence-electron chi connectivity index (χ4n) is 3.03. The topological polar surface area (TPSA) is 111 Å². The molecule has 0 aliphatic heterocycles. The Morgan fingerprint density at radius 2 is 1.88 bits per heavy atom. The molecular weight excluding hydrogens is 477 g/mol. The molecule has 0 fully saturated rings. The van der Waals surface area contributed by atoms with E-state index in [0.29, 0.717) is 17.9 Å². The summed E-state index contributed by atoms with van der Waals surface area (Å²) < 4.78 is 38.4. The first-order valence-corrected chi connectivity index (χ1v) is 11.7. The second kappa shape index (κ2) is 9.81. The summed E-state index contributed by atoms with van der Waals surface area (Å²) in [6.45, 7) is 3.61. The molecule has 8 nitrogen and oxygen atoms in total. The van der Waals surface area contributed by atoms with Crippen molar-refractivity contribution in [1.29, 1.82) is 0 Å². The van der Waals surface area contributed by atoms with Gasteiger partial charge in [0.05, 0.1) is 33.4 Å². The van der Waals surface area contributed by atoms with E-state index < -0.39 is 10.0 Å². The van der Waals surface area contributed by atoms with Crippen LogP contribution in [-0.4, -0.2) is 26.6 Å². The molecule has 0 unspecified atom stereocenters. The number of hydrogen-bond acceptors (Lipinski definition) is 6. The van der Waals surface area contributed by atoms with Gasteiger partial charge < -0.3 is 14.6 Å². The molecular formula is C21H21Cl2N3O5S. The lowest BCUT2D eigenvalue weighted by molar-refractivity contribution is -0.116. The number of amides is 1. The summed E-state index contributed by atoms with van der Waals surface area (Å²) in [5, 5.41) is 6.99. The van der Waals surface area contributed by atoms with Crippen molar-refractivity contribution in [3.05, 3.63) is 63.5 Å². The van der Waals surface area contributed by atoms with E-state index in [1.807, 2.05) is 6.92 Å². The Morgan fingerprint density at radius 3 is 2.50 bits per heavy atom. The van der Waals surface area contributed by atoms with Crippen molar-refractivity contribution in [2.75, 3.05) is 17.1 Å². The lowest BCUT2D eigenvalue weighted by atomic mass is 10.1. The number of carbonyl (C=O) groups excluding carboxylic acids is 1. The maximum absolute atomic E-state index is 12.8. The van der Waals surface area contributed by atoms with Gasteiger partial charge in [-0.05, 0) is 56.7 Å². The predicted molar refractivity (Wildman–Crippen MR) is 123 cm³/mol. The average molecular weight is 498 g/mol. The number of ether oxygens (including phenoxy) is 1. The maximum Gasteiger partial charge on any atom is 0.262 e. The molecule has 0 radical (unpaired) electrons. The lowest BCUT2D eigenvalue weighted by Crippen LogP contribution is -2.15. The Bertz CT molecular complexity index is 1240. The van der Waals surface area contributed by atoms with Gasteiger partial charge in [0.15, 0.2) is 0 Å². The molecule has 11 heteroatoms. The van der Waals surface area contributed by atoms with Crippen molar-refractivity contribution in [3.8, 4) is 5.75 Å². The first-order chi connectivity index (χ1) is 15.1. The first kappa shape index (κ1) is 23.9. The summed E-state index contributed by atoms with van der Waals surface area (Å²) in [6.07, 6.45) is 0.680. The van der Waals surface area contributed by atoms with Crippen LogP contribution in [0.15, 0.2) is 45.8 Å². The number of halogens is 2. The number of nitrogens with one attached hydrogen (secondary N) is 2. The Kier molecular flexibility index (Phi) is 7.33. The van der Waals surface area contributed by atoms with Crippen molar-refractivity contribution in [2.24, 2.45) is 0 Å². The van der Waals surface area contributed by atoms with Gasteiger partial charge in [-0.15, -0.1) is 0 Å². The highest BCUT2D eigenvalue weighted by Crippen LogP contribution is 2.31. The van der Waals surface area contributed by atoms with Crippen molar-refractivity contribution in [1.82, 2.24) is 5.16 Å². The fourth-order valence-corrected chi connectivity index (χ4v) is 4.48. The molecule has 2 aromatic carbocycles. The smallest absolute Gasteiger partial charge is 0.262 e. The Labute approximate surface area is 195 Å². The van der Waals surface area contributed by atoms with Gasteiger partial charge in [-0.3, -0.25) is 9.52 Å². The second-order valence-corrected chi connectivity index (χ2v) is 9.44. The van der Waals surface area contributed by atoms with E-state index >= 15 is 0 Å². The van der Waals surface area contributed by atoms with E-state index in [1.54, 1.807) is 19.1 Å². The third-order valence-corrected chi connectivity index (χ3v) is 6.81. The van der Waals surface area contributed by atoms with E-state index in [4.69, 9.17) is 32.5 Å². The molecule has 0 saturated heterocycles. The molecule has 0 aliphatic carbocycles. The number of aryl methyl sites for hydroxylation is 2.